The van der Waals surface area contributed by atoms with Crippen LogP contribution in [-0.4, -0.2) is 12.2 Å². The lowest BCUT2D eigenvalue weighted by atomic mass is 10.1. The van der Waals surface area contributed by atoms with Gasteiger partial charge in [-0.25, -0.2) is 9.18 Å². The molecule has 2 atom stereocenters. The number of carbonyl (C=O) groups is 1. The van der Waals surface area contributed by atoms with Crippen LogP contribution in [0.25, 0.3) is 0 Å². The molecular weight excluding hydrogens is 265 g/mol. The summed E-state index contributed by atoms with van der Waals surface area (Å²) < 4.78 is 18.4. The number of ether oxygens (including phenoxy) is 1. The van der Waals surface area contributed by atoms with E-state index in [9.17, 15) is 9.18 Å². The Balaban J connectivity index is 2.07. The van der Waals surface area contributed by atoms with E-state index in [2.05, 4.69) is 15.9 Å². The number of nitrogens with two attached hydrogens (primary N) is 1. The molecule has 0 heterocycles. The van der Waals surface area contributed by atoms with Crippen LogP contribution in [0.15, 0.2) is 22.7 Å². The molecule has 1 aliphatic carbocycles. The maximum absolute atomic E-state index is 13.2. The molecule has 1 fully saturated rings. The molecule has 5 heteroatoms. The van der Waals surface area contributed by atoms with Crippen LogP contribution in [0.5, 0.6) is 0 Å². The molecule has 1 amide bonds. The van der Waals surface area contributed by atoms with E-state index < -0.39 is 6.09 Å². The van der Waals surface area contributed by atoms with Gasteiger partial charge in [-0.05, 0) is 40.0 Å². The summed E-state index contributed by atoms with van der Waals surface area (Å²) in [6.45, 7) is 0. The summed E-state index contributed by atoms with van der Waals surface area (Å²) in [5.74, 6) is -0.225. The SMILES string of the molecule is NC(=O)OC1CC1c1ccc(Br)c(F)c1. The average Bonchev–Trinajstić information content (AvgIpc) is 2.88. The molecule has 3 nitrogen and oxygen atoms in total. The minimum atomic E-state index is -0.778. The van der Waals surface area contributed by atoms with E-state index in [0.29, 0.717) is 10.9 Å². The molecule has 15 heavy (non-hydrogen) atoms. The number of amides is 1. The fourth-order valence-electron chi connectivity index (χ4n) is 1.54. The summed E-state index contributed by atoms with van der Waals surface area (Å²) in [5, 5.41) is 0. The molecule has 0 aromatic heterocycles. The number of rotatable bonds is 2. The Bertz CT molecular complexity index is 410. The monoisotopic (exact) mass is 273 g/mol. The van der Waals surface area contributed by atoms with Gasteiger partial charge in [-0.3, -0.25) is 0 Å². The number of primary amides is 1. The van der Waals surface area contributed by atoms with E-state index in [4.69, 9.17) is 10.5 Å². The first-order valence-corrected chi connectivity index (χ1v) is 5.28. The topological polar surface area (TPSA) is 52.3 Å². The van der Waals surface area contributed by atoms with E-state index in [1.165, 1.54) is 6.07 Å². The summed E-state index contributed by atoms with van der Waals surface area (Å²) in [6.07, 6.45) is -0.257. The molecule has 1 saturated carbocycles. The second-order valence-electron chi connectivity index (χ2n) is 3.49. The van der Waals surface area contributed by atoms with Gasteiger partial charge in [0.05, 0.1) is 4.47 Å². The molecule has 2 unspecified atom stereocenters. The van der Waals surface area contributed by atoms with Gasteiger partial charge in [0.25, 0.3) is 0 Å². The van der Waals surface area contributed by atoms with E-state index in [0.717, 1.165) is 5.56 Å². The van der Waals surface area contributed by atoms with E-state index in [1.807, 2.05) is 6.07 Å². The van der Waals surface area contributed by atoms with Gasteiger partial charge < -0.3 is 10.5 Å². The number of hydrogen-bond acceptors (Lipinski definition) is 2. The Morgan fingerprint density at radius 3 is 2.93 bits per heavy atom. The third kappa shape index (κ3) is 2.28. The highest BCUT2D eigenvalue weighted by Gasteiger charge is 2.41. The van der Waals surface area contributed by atoms with Gasteiger partial charge in [-0.15, -0.1) is 0 Å². The zero-order chi connectivity index (χ0) is 11.0. The first kappa shape index (κ1) is 10.4. The summed E-state index contributed by atoms with van der Waals surface area (Å²) in [6, 6.07) is 4.89. The van der Waals surface area contributed by atoms with Gasteiger partial charge in [0.1, 0.15) is 11.9 Å². The first-order chi connectivity index (χ1) is 7.08. The van der Waals surface area contributed by atoms with Crippen LogP contribution >= 0.6 is 15.9 Å². The van der Waals surface area contributed by atoms with Gasteiger partial charge in [-0.1, -0.05) is 6.07 Å². The molecule has 80 valence electrons. The Hall–Kier alpha value is -1.10. The van der Waals surface area contributed by atoms with Crippen LogP contribution in [0.2, 0.25) is 0 Å². The minimum Gasteiger partial charge on any atom is -0.446 e. The molecule has 0 bridgehead atoms. The van der Waals surface area contributed by atoms with Crippen molar-refractivity contribution >= 4 is 22.0 Å². The molecule has 0 spiro atoms. The van der Waals surface area contributed by atoms with Gasteiger partial charge in [0, 0.05) is 5.92 Å². The quantitative estimate of drug-likeness (QED) is 0.900. The van der Waals surface area contributed by atoms with Crippen molar-refractivity contribution in [2.45, 2.75) is 18.4 Å². The molecule has 1 aromatic rings. The van der Waals surface area contributed by atoms with Crippen molar-refractivity contribution in [1.82, 2.24) is 0 Å². The van der Waals surface area contributed by atoms with E-state index in [1.54, 1.807) is 6.07 Å². The summed E-state index contributed by atoms with van der Waals surface area (Å²) >= 11 is 3.07. The summed E-state index contributed by atoms with van der Waals surface area (Å²) in [5.41, 5.74) is 5.72. The number of benzene rings is 1. The third-order valence-corrected chi connectivity index (χ3v) is 3.01. The van der Waals surface area contributed by atoms with Gasteiger partial charge in [0.15, 0.2) is 0 Å². The molecule has 1 aliphatic rings. The van der Waals surface area contributed by atoms with E-state index >= 15 is 0 Å². The highest BCUT2D eigenvalue weighted by molar-refractivity contribution is 9.10. The lowest BCUT2D eigenvalue weighted by Gasteiger charge is -2.02. The largest absolute Gasteiger partial charge is 0.446 e. The van der Waals surface area contributed by atoms with Crippen LogP contribution in [0, 0.1) is 5.82 Å². The van der Waals surface area contributed by atoms with E-state index in [-0.39, 0.29) is 17.8 Å². The van der Waals surface area contributed by atoms with Gasteiger partial charge in [0.2, 0.25) is 0 Å². The smallest absolute Gasteiger partial charge is 0.404 e. The van der Waals surface area contributed by atoms with Crippen molar-refractivity contribution in [3.05, 3.63) is 34.1 Å². The second-order valence-corrected chi connectivity index (χ2v) is 4.35. The molecule has 2 rings (SSSR count). The van der Waals surface area contributed by atoms with Crippen LogP contribution in [0.4, 0.5) is 9.18 Å². The Kier molecular flexibility index (Phi) is 2.65. The maximum atomic E-state index is 13.2. The maximum Gasteiger partial charge on any atom is 0.404 e. The fourth-order valence-corrected chi connectivity index (χ4v) is 1.79. The fraction of sp³-hybridized carbons (Fsp3) is 0.300. The van der Waals surface area contributed by atoms with Crippen LogP contribution in [0.1, 0.15) is 17.9 Å². The third-order valence-electron chi connectivity index (χ3n) is 2.37. The number of hydrogen-bond donors (Lipinski definition) is 1. The zero-order valence-electron chi connectivity index (χ0n) is 7.74. The Morgan fingerprint density at radius 1 is 1.60 bits per heavy atom. The normalized spacial score (nSPS) is 23.6. The summed E-state index contributed by atoms with van der Waals surface area (Å²) in [7, 11) is 0. The van der Waals surface area contributed by atoms with Crippen molar-refractivity contribution in [2.75, 3.05) is 0 Å². The van der Waals surface area contributed by atoms with Crippen molar-refractivity contribution in [3.63, 3.8) is 0 Å². The molecular formula is C10H9BrFNO2. The van der Waals surface area contributed by atoms with Gasteiger partial charge >= 0.3 is 6.09 Å². The molecule has 2 N–H and O–H groups in total. The summed E-state index contributed by atoms with van der Waals surface area (Å²) in [4.78, 5) is 10.5. The zero-order valence-corrected chi connectivity index (χ0v) is 9.33. The minimum absolute atomic E-state index is 0.0834. The molecule has 0 radical (unpaired) electrons. The Morgan fingerprint density at radius 2 is 2.33 bits per heavy atom. The van der Waals surface area contributed by atoms with Crippen molar-refractivity contribution in [1.29, 1.82) is 0 Å². The standard InChI is InChI=1S/C10H9BrFNO2/c11-7-2-1-5(3-8(7)12)6-4-9(6)15-10(13)14/h1-3,6,9H,4H2,(H2,13,14). The van der Waals surface area contributed by atoms with Crippen molar-refractivity contribution < 1.29 is 13.9 Å². The molecule has 0 aliphatic heterocycles. The van der Waals surface area contributed by atoms with Crippen LogP contribution in [0.3, 0.4) is 0 Å². The lowest BCUT2D eigenvalue weighted by molar-refractivity contribution is 0.147. The first-order valence-electron chi connectivity index (χ1n) is 4.49. The lowest BCUT2D eigenvalue weighted by Crippen LogP contribution is -2.14. The second kappa shape index (κ2) is 3.81. The predicted molar refractivity (Wildman–Crippen MR) is 55.9 cm³/mol. The van der Waals surface area contributed by atoms with Crippen molar-refractivity contribution in [3.8, 4) is 0 Å². The molecule has 0 saturated heterocycles. The average molecular weight is 274 g/mol. The Labute approximate surface area is 94.5 Å². The predicted octanol–water partition coefficient (Wildman–Crippen LogP) is 2.54. The number of halogens is 2. The highest BCUT2D eigenvalue weighted by Crippen LogP contribution is 2.43. The van der Waals surface area contributed by atoms with Crippen molar-refractivity contribution in [2.24, 2.45) is 5.73 Å². The van der Waals surface area contributed by atoms with Gasteiger partial charge in [-0.2, -0.15) is 0 Å². The highest BCUT2D eigenvalue weighted by atomic mass is 79.9. The molecule has 1 aromatic carbocycles. The van der Waals surface area contributed by atoms with Crippen LogP contribution < -0.4 is 5.73 Å². The van der Waals surface area contributed by atoms with Crippen LogP contribution in [-0.2, 0) is 4.74 Å². The number of carbonyl (C=O) groups excluding carboxylic acids is 1.